The second kappa shape index (κ2) is 11.3. The highest BCUT2D eigenvalue weighted by Gasteiger charge is 2.21. The summed E-state index contributed by atoms with van der Waals surface area (Å²) in [6.45, 7) is 5.03. The number of likely N-dealkylation sites (tertiary alicyclic amines) is 1. The van der Waals surface area contributed by atoms with Crippen LogP contribution in [-0.4, -0.2) is 92.6 Å². The summed E-state index contributed by atoms with van der Waals surface area (Å²) in [5.41, 5.74) is 1.20. The molecular formula is C19H37N7O. The molecule has 1 saturated heterocycles. The molecule has 154 valence electrons. The Morgan fingerprint density at radius 2 is 2.15 bits per heavy atom. The number of methoxy groups -OCH3 is 1. The average Bonchev–Trinajstić information content (AvgIpc) is 3.08. The van der Waals surface area contributed by atoms with Crippen LogP contribution in [0, 0.1) is 0 Å². The van der Waals surface area contributed by atoms with Gasteiger partial charge in [0.05, 0.1) is 12.2 Å². The van der Waals surface area contributed by atoms with Crippen LogP contribution in [0.25, 0.3) is 0 Å². The summed E-state index contributed by atoms with van der Waals surface area (Å²) >= 11 is 0. The fourth-order valence-electron chi connectivity index (χ4n) is 3.53. The number of piperidine rings is 1. The maximum Gasteiger partial charge on any atom is 0.191 e. The highest BCUT2D eigenvalue weighted by molar-refractivity contribution is 5.80. The molecule has 1 aromatic rings. The van der Waals surface area contributed by atoms with Crippen molar-refractivity contribution in [3.05, 3.63) is 18.0 Å². The molecule has 0 bridgehead atoms. The van der Waals surface area contributed by atoms with E-state index in [2.05, 4.69) is 50.8 Å². The number of aryl methyl sites for hydroxylation is 1. The zero-order valence-electron chi connectivity index (χ0n) is 17.6. The van der Waals surface area contributed by atoms with Crippen LogP contribution in [0.3, 0.4) is 0 Å². The van der Waals surface area contributed by atoms with E-state index in [9.17, 15) is 0 Å². The molecule has 1 atom stereocenters. The van der Waals surface area contributed by atoms with Gasteiger partial charge in [-0.3, -0.25) is 9.67 Å². The minimum absolute atomic E-state index is 0.250. The Labute approximate surface area is 164 Å². The van der Waals surface area contributed by atoms with Crippen LogP contribution >= 0.6 is 0 Å². The molecule has 1 aliphatic heterocycles. The summed E-state index contributed by atoms with van der Waals surface area (Å²) in [5.74, 6) is 0.878. The van der Waals surface area contributed by atoms with Crippen molar-refractivity contribution in [2.45, 2.75) is 31.3 Å². The Hall–Kier alpha value is -1.64. The van der Waals surface area contributed by atoms with Crippen LogP contribution in [0.5, 0.6) is 0 Å². The molecule has 0 aliphatic carbocycles. The predicted octanol–water partition coefficient (Wildman–Crippen LogP) is 0.689. The van der Waals surface area contributed by atoms with E-state index < -0.39 is 0 Å². The van der Waals surface area contributed by atoms with Gasteiger partial charge in [0, 0.05) is 71.8 Å². The Bertz CT molecular complexity index is 564. The topological polar surface area (TPSA) is 70.0 Å². The first kappa shape index (κ1) is 21.7. The van der Waals surface area contributed by atoms with Gasteiger partial charge in [0.2, 0.25) is 0 Å². The van der Waals surface area contributed by atoms with Gasteiger partial charge in [-0.2, -0.15) is 5.10 Å². The number of aliphatic imine (C=N–C) groups is 1. The third kappa shape index (κ3) is 7.12. The summed E-state index contributed by atoms with van der Waals surface area (Å²) in [4.78, 5) is 9.15. The lowest BCUT2D eigenvalue weighted by atomic mass is 10.1. The van der Waals surface area contributed by atoms with Crippen molar-refractivity contribution in [3.8, 4) is 0 Å². The van der Waals surface area contributed by atoms with Gasteiger partial charge < -0.3 is 25.2 Å². The molecular weight excluding hydrogens is 342 g/mol. The standard InChI is InChI=1S/C19H37N7O/c1-20-19(21-14-18(24(2)3)16-13-22-25(4)15-16)23-17-7-10-26(11-8-17)9-6-12-27-5/h13,15,17-18H,6-12,14H2,1-5H3,(H2,20,21,23). The Morgan fingerprint density at radius 1 is 1.41 bits per heavy atom. The SMILES string of the molecule is CN=C(NCC(c1cnn(C)c1)N(C)C)NC1CCN(CCCOC)CC1. The highest BCUT2D eigenvalue weighted by Crippen LogP contribution is 2.16. The molecule has 1 aliphatic rings. The van der Waals surface area contributed by atoms with E-state index in [0.717, 1.165) is 58.0 Å². The van der Waals surface area contributed by atoms with Crippen LogP contribution in [0.4, 0.5) is 0 Å². The number of ether oxygens (including phenoxy) is 1. The lowest BCUT2D eigenvalue weighted by molar-refractivity contribution is 0.155. The molecule has 1 fully saturated rings. The maximum atomic E-state index is 5.15. The zero-order chi connectivity index (χ0) is 19.6. The van der Waals surface area contributed by atoms with Gasteiger partial charge in [0.1, 0.15) is 0 Å². The van der Waals surface area contributed by atoms with Crippen molar-refractivity contribution in [2.75, 3.05) is 61.0 Å². The van der Waals surface area contributed by atoms with Crippen molar-refractivity contribution >= 4 is 5.96 Å². The molecule has 8 nitrogen and oxygen atoms in total. The maximum absolute atomic E-state index is 5.15. The number of likely N-dealkylation sites (N-methyl/N-ethyl adjacent to an activating group) is 1. The van der Waals surface area contributed by atoms with Gasteiger partial charge in [-0.25, -0.2) is 0 Å². The number of nitrogens with one attached hydrogen (secondary N) is 2. The van der Waals surface area contributed by atoms with E-state index in [1.807, 2.05) is 25.0 Å². The van der Waals surface area contributed by atoms with Gasteiger partial charge in [0.25, 0.3) is 0 Å². The molecule has 2 rings (SSSR count). The number of nitrogens with zero attached hydrogens (tertiary/aromatic N) is 5. The number of aromatic nitrogens is 2. The van der Waals surface area contributed by atoms with E-state index in [-0.39, 0.29) is 6.04 Å². The summed E-state index contributed by atoms with van der Waals surface area (Å²) in [6, 6.07) is 0.728. The summed E-state index contributed by atoms with van der Waals surface area (Å²) in [6.07, 6.45) is 7.41. The number of hydrogen-bond acceptors (Lipinski definition) is 5. The first-order chi connectivity index (χ1) is 13.0. The number of guanidine groups is 1. The summed E-state index contributed by atoms with van der Waals surface area (Å²) < 4.78 is 6.99. The first-order valence-corrected chi connectivity index (χ1v) is 9.87. The smallest absolute Gasteiger partial charge is 0.191 e. The molecule has 0 radical (unpaired) electrons. The fraction of sp³-hybridized carbons (Fsp3) is 0.789. The highest BCUT2D eigenvalue weighted by atomic mass is 16.5. The second-order valence-electron chi connectivity index (χ2n) is 7.49. The second-order valence-corrected chi connectivity index (χ2v) is 7.49. The van der Waals surface area contributed by atoms with E-state index in [0.29, 0.717) is 6.04 Å². The van der Waals surface area contributed by atoms with Crippen molar-refractivity contribution in [1.29, 1.82) is 0 Å². The molecule has 1 aromatic heterocycles. The third-order valence-corrected chi connectivity index (χ3v) is 5.17. The minimum Gasteiger partial charge on any atom is -0.385 e. The van der Waals surface area contributed by atoms with Gasteiger partial charge >= 0.3 is 0 Å². The van der Waals surface area contributed by atoms with Crippen molar-refractivity contribution in [3.63, 3.8) is 0 Å². The van der Waals surface area contributed by atoms with E-state index in [4.69, 9.17) is 4.74 Å². The molecule has 0 aromatic carbocycles. The van der Waals surface area contributed by atoms with Crippen LogP contribution in [-0.2, 0) is 11.8 Å². The summed E-state index contributed by atoms with van der Waals surface area (Å²) in [7, 11) is 9.74. The third-order valence-electron chi connectivity index (χ3n) is 5.17. The molecule has 27 heavy (non-hydrogen) atoms. The predicted molar refractivity (Wildman–Crippen MR) is 110 cm³/mol. The Balaban J connectivity index is 1.77. The lowest BCUT2D eigenvalue weighted by Gasteiger charge is -2.33. The van der Waals surface area contributed by atoms with Gasteiger partial charge in [0.15, 0.2) is 5.96 Å². The monoisotopic (exact) mass is 379 g/mol. The molecule has 0 spiro atoms. The van der Waals surface area contributed by atoms with Crippen LogP contribution < -0.4 is 10.6 Å². The van der Waals surface area contributed by atoms with Crippen molar-refractivity contribution in [1.82, 2.24) is 30.2 Å². The van der Waals surface area contributed by atoms with E-state index in [1.165, 1.54) is 5.56 Å². The number of hydrogen-bond donors (Lipinski definition) is 2. The Morgan fingerprint density at radius 3 is 2.70 bits per heavy atom. The largest absolute Gasteiger partial charge is 0.385 e. The lowest BCUT2D eigenvalue weighted by Crippen LogP contribution is -2.50. The summed E-state index contributed by atoms with van der Waals surface area (Å²) in [5, 5.41) is 11.4. The van der Waals surface area contributed by atoms with Gasteiger partial charge in [-0.15, -0.1) is 0 Å². The quantitative estimate of drug-likeness (QED) is 0.374. The Kier molecular flexibility index (Phi) is 9.03. The molecule has 8 heteroatoms. The average molecular weight is 380 g/mol. The van der Waals surface area contributed by atoms with Gasteiger partial charge in [-0.1, -0.05) is 0 Å². The fourth-order valence-corrected chi connectivity index (χ4v) is 3.53. The number of rotatable bonds is 9. The van der Waals surface area contributed by atoms with Gasteiger partial charge in [-0.05, 0) is 33.4 Å². The van der Waals surface area contributed by atoms with E-state index >= 15 is 0 Å². The normalized spacial score (nSPS) is 18.1. The molecule has 1 unspecified atom stereocenters. The first-order valence-electron chi connectivity index (χ1n) is 9.87. The van der Waals surface area contributed by atoms with Crippen molar-refractivity contribution < 1.29 is 4.74 Å². The van der Waals surface area contributed by atoms with Crippen LogP contribution in [0.1, 0.15) is 30.9 Å². The molecule has 0 amide bonds. The molecule has 2 heterocycles. The van der Waals surface area contributed by atoms with Crippen molar-refractivity contribution in [2.24, 2.45) is 12.0 Å². The molecule has 0 saturated carbocycles. The molecule has 2 N–H and O–H groups in total. The van der Waals surface area contributed by atoms with E-state index in [1.54, 1.807) is 7.11 Å². The van der Waals surface area contributed by atoms with Crippen LogP contribution in [0.15, 0.2) is 17.4 Å². The minimum atomic E-state index is 0.250. The van der Waals surface area contributed by atoms with Crippen LogP contribution in [0.2, 0.25) is 0 Å². The zero-order valence-corrected chi connectivity index (χ0v) is 17.6.